The minimum Gasteiger partial charge on any atom is -0.461 e. The van der Waals surface area contributed by atoms with E-state index in [9.17, 15) is 35.5 Å². The van der Waals surface area contributed by atoms with E-state index in [1.807, 2.05) is 0 Å². The van der Waals surface area contributed by atoms with Crippen LogP contribution in [0.3, 0.4) is 0 Å². The Balaban J connectivity index is 2.36. The average molecular weight is 484 g/mol. The van der Waals surface area contributed by atoms with E-state index in [1.165, 1.54) is 13.0 Å². The molecule has 0 aromatic heterocycles. The molecule has 0 heterocycles. The van der Waals surface area contributed by atoms with Gasteiger partial charge in [-0.15, -0.1) is 0 Å². The van der Waals surface area contributed by atoms with Crippen molar-refractivity contribution in [2.75, 3.05) is 13.2 Å². The Bertz CT molecular complexity index is 792. The van der Waals surface area contributed by atoms with Crippen LogP contribution in [-0.4, -0.2) is 19.2 Å². The fraction of sp³-hybridized carbons (Fsp3) is 0.522. The standard InChI is InChI=1S/C23H27F7O3/c1-3-33-21(31)20(24)16(2)10-8-6-4-5-7-9-11-32-15-17-12-18(22(25,26)27)14-19(13-17)23(28,29)30/h8,10,12-14H,3-7,9,11,15H2,1-2H3. The Labute approximate surface area is 188 Å². The summed E-state index contributed by atoms with van der Waals surface area (Å²) in [4.78, 5) is 11.3. The number of rotatable bonds is 12. The Kier molecular flexibility index (Phi) is 11.6. The van der Waals surface area contributed by atoms with Crippen LogP contribution in [0.25, 0.3) is 0 Å². The highest BCUT2D eigenvalue weighted by molar-refractivity contribution is 5.87. The summed E-state index contributed by atoms with van der Waals surface area (Å²) in [5, 5.41) is 0. The number of esters is 1. The largest absolute Gasteiger partial charge is 0.461 e. The van der Waals surface area contributed by atoms with Crippen molar-refractivity contribution >= 4 is 5.97 Å². The van der Waals surface area contributed by atoms with Gasteiger partial charge in [-0.2, -0.15) is 30.7 Å². The zero-order valence-corrected chi connectivity index (χ0v) is 18.4. The molecule has 0 radical (unpaired) electrons. The van der Waals surface area contributed by atoms with Crippen molar-refractivity contribution in [1.29, 1.82) is 0 Å². The summed E-state index contributed by atoms with van der Waals surface area (Å²) in [7, 11) is 0. The Morgan fingerprint density at radius 1 is 0.939 bits per heavy atom. The molecule has 0 bridgehead atoms. The number of hydrogen-bond acceptors (Lipinski definition) is 3. The van der Waals surface area contributed by atoms with Gasteiger partial charge in [-0.25, -0.2) is 4.79 Å². The molecule has 10 heteroatoms. The first-order chi connectivity index (χ1) is 15.4. The van der Waals surface area contributed by atoms with Crippen molar-refractivity contribution in [2.45, 2.75) is 64.9 Å². The van der Waals surface area contributed by atoms with E-state index in [4.69, 9.17) is 4.74 Å². The predicted octanol–water partition coefficient (Wildman–Crippen LogP) is 7.55. The molecule has 186 valence electrons. The number of allylic oxidation sites excluding steroid dienone is 3. The normalized spacial score (nSPS) is 13.4. The predicted molar refractivity (Wildman–Crippen MR) is 109 cm³/mol. The van der Waals surface area contributed by atoms with Gasteiger partial charge in [-0.05, 0) is 62.4 Å². The summed E-state index contributed by atoms with van der Waals surface area (Å²) in [6.45, 7) is 2.97. The molecule has 0 fully saturated rings. The second-order valence-corrected chi connectivity index (χ2v) is 7.29. The van der Waals surface area contributed by atoms with E-state index in [0.29, 0.717) is 25.0 Å². The highest BCUT2D eigenvalue weighted by Crippen LogP contribution is 2.36. The fourth-order valence-corrected chi connectivity index (χ4v) is 2.80. The molecule has 1 aromatic carbocycles. The lowest BCUT2D eigenvalue weighted by Crippen LogP contribution is -2.12. The van der Waals surface area contributed by atoms with Crippen LogP contribution in [-0.2, 0) is 33.2 Å². The van der Waals surface area contributed by atoms with E-state index in [2.05, 4.69) is 4.74 Å². The smallest absolute Gasteiger partial charge is 0.416 e. The van der Waals surface area contributed by atoms with Crippen LogP contribution in [0, 0.1) is 0 Å². The molecule has 0 saturated heterocycles. The van der Waals surface area contributed by atoms with Crippen LogP contribution in [0.15, 0.2) is 41.8 Å². The lowest BCUT2D eigenvalue weighted by atomic mass is 10.1. The van der Waals surface area contributed by atoms with E-state index < -0.39 is 35.3 Å². The van der Waals surface area contributed by atoms with Crippen LogP contribution >= 0.6 is 0 Å². The van der Waals surface area contributed by atoms with Gasteiger partial charge < -0.3 is 9.47 Å². The SMILES string of the molecule is CCOC(=O)C(F)=C(C)C=CCCCCCCOCc1cc(C(F)(F)F)cc(C(F)(F)F)c1. The number of carbonyl (C=O) groups excluding carboxylic acids is 1. The average Bonchev–Trinajstić information content (AvgIpc) is 2.73. The lowest BCUT2D eigenvalue weighted by molar-refractivity contribution is -0.143. The number of benzene rings is 1. The number of unbranched alkanes of at least 4 members (excludes halogenated alkanes) is 4. The third kappa shape index (κ3) is 10.9. The number of ether oxygens (including phenoxy) is 2. The number of carbonyl (C=O) groups is 1. The summed E-state index contributed by atoms with van der Waals surface area (Å²) >= 11 is 0. The number of alkyl halides is 6. The lowest BCUT2D eigenvalue weighted by Gasteiger charge is -2.14. The van der Waals surface area contributed by atoms with Gasteiger partial charge in [0.1, 0.15) is 0 Å². The molecule has 0 spiro atoms. The first-order valence-corrected chi connectivity index (χ1v) is 10.4. The van der Waals surface area contributed by atoms with Crippen molar-refractivity contribution in [3.8, 4) is 0 Å². The minimum atomic E-state index is -4.89. The second-order valence-electron chi connectivity index (χ2n) is 7.29. The molecule has 3 nitrogen and oxygen atoms in total. The van der Waals surface area contributed by atoms with Crippen molar-refractivity contribution in [1.82, 2.24) is 0 Å². The van der Waals surface area contributed by atoms with E-state index in [-0.39, 0.29) is 37.0 Å². The first kappa shape index (κ1) is 28.7. The molecule has 0 aliphatic rings. The minimum absolute atomic E-state index is 0.0838. The quantitative estimate of drug-likeness (QED) is 0.101. The van der Waals surface area contributed by atoms with Gasteiger partial charge >= 0.3 is 18.3 Å². The van der Waals surface area contributed by atoms with Crippen molar-refractivity contribution in [3.63, 3.8) is 0 Å². The van der Waals surface area contributed by atoms with E-state index in [1.54, 1.807) is 13.0 Å². The van der Waals surface area contributed by atoms with Crippen LogP contribution in [0.4, 0.5) is 30.7 Å². The van der Waals surface area contributed by atoms with Crippen LogP contribution < -0.4 is 0 Å². The Hall–Kier alpha value is -2.36. The third-order valence-corrected chi connectivity index (χ3v) is 4.49. The van der Waals surface area contributed by atoms with Gasteiger partial charge in [-0.3, -0.25) is 0 Å². The second kappa shape index (κ2) is 13.4. The monoisotopic (exact) mass is 484 g/mol. The van der Waals surface area contributed by atoms with E-state index in [0.717, 1.165) is 19.3 Å². The van der Waals surface area contributed by atoms with Crippen molar-refractivity contribution in [3.05, 3.63) is 58.4 Å². The van der Waals surface area contributed by atoms with Crippen molar-refractivity contribution < 1.29 is 45.0 Å². The Morgan fingerprint density at radius 3 is 2.06 bits per heavy atom. The fourth-order valence-electron chi connectivity index (χ4n) is 2.80. The molecule has 0 aliphatic heterocycles. The summed E-state index contributed by atoms with van der Waals surface area (Å²) < 4.78 is 101. The van der Waals surface area contributed by atoms with Crippen LogP contribution in [0.2, 0.25) is 0 Å². The highest BCUT2D eigenvalue weighted by atomic mass is 19.4. The maximum Gasteiger partial charge on any atom is 0.416 e. The number of halogens is 7. The highest BCUT2D eigenvalue weighted by Gasteiger charge is 2.36. The zero-order valence-electron chi connectivity index (χ0n) is 18.4. The van der Waals surface area contributed by atoms with Crippen LogP contribution in [0.1, 0.15) is 62.6 Å². The summed E-state index contributed by atoms with van der Waals surface area (Å²) in [6, 6.07) is 1.39. The summed E-state index contributed by atoms with van der Waals surface area (Å²) in [5.74, 6) is -1.94. The molecule has 0 unspecified atom stereocenters. The molecule has 1 rings (SSSR count). The topological polar surface area (TPSA) is 35.5 Å². The van der Waals surface area contributed by atoms with Gasteiger partial charge in [-0.1, -0.05) is 25.0 Å². The molecule has 1 aromatic rings. The molecule has 0 atom stereocenters. The van der Waals surface area contributed by atoms with Gasteiger partial charge in [0.05, 0.1) is 24.3 Å². The van der Waals surface area contributed by atoms with Gasteiger partial charge in [0.2, 0.25) is 5.83 Å². The molecule has 0 saturated carbocycles. The van der Waals surface area contributed by atoms with Crippen molar-refractivity contribution in [2.24, 2.45) is 0 Å². The molecular weight excluding hydrogens is 457 g/mol. The Morgan fingerprint density at radius 2 is 1.52 bits per heavy atom. The van der Waals surface area contributed by atoms with Gasteiger partial charge in [0.25, 0.3) is 0 Å². The van der Waals surface area contributed by atoms with Gasteiger partial charge in [0.15, 0.2) is 0 Å². The molecule has 33 heavy (non-hydrogen) atoms. The van der Waals surface area contributed by atoms with E-state index >= 15 is 0 Å². The molecule has 0 amide bonds. The van der Waals surface area contributed by atoms with Crippen LogP contribution in [0.5, 0.6) is 0 Å². The molecular formula is C23H27F7O3. The zero-order chi connectivity index (χ0) is 25.1. The first-order valence-electron chi connectivity index (χ1n) is 10.4. The summed E-state index contributed by atoms with van der Waals surface area (Å²) in [5.41, 5.74) is -2.75. The maximum absolute atomic E-state index is 13.6. The maximum atomic E-state index is 13.6. The molecule has 0 aliphatic carbocycles. The summed E-state index contributed by atoms with van der Waals surface area (Å²) in [6.07, 6.45) is -2.96. The molecule has 0 N–H and O–H groups in total. The third-order valence-electron chi connectivity index (χ3n) is 4.49. The van der Waals surface area contributed by atoms with Gasteiger partial charge in [0, 0.05) is 6.61 Å². The number of hydrogen-bond donors (Lipinski definition) is 0.